The molecule has 0 radical (unpaired) electrons. The van der Waals surface area contributed by atoms with Crippen LogP contribution in [0.1, 0.15) is 22.4 Å². The molecule has 0 spiro atoms. The summed E-state index contributed by atoms with van der Waals surface area (Å²) in [5.74, 6) is -0.211. The number of carboxylic acids is 1. The van der Waals surface area contributed by atoms with Crippen molar-refractivity contribution in [1.82, 2.24) is 4.98 Å². The lowest BCUT2D eigenvalue weighted by atomic mass is 10.0. The summed E-state index contributed by atoms with van der Waals surface area (Å²) >= 11 is 0. The predicted molar refractivity (Wildman–Crippen MR) is 83.9 cm³/mol. The maximum atomic E-state index is 10.8. The molecule has 2 aromatic rings. The maximum Gasteiger partial charge on any atom is 0.307 e. The van der Waals surface area contributed by atoms with Gasteiger partial charge in [0.25, 0.3) is 0 Å². The summed E-state index contributed by atoms with van der Waals surface area (Å²) in [5.41, 5.74) is 11.1. The number of benzene rings is 1. The minimum absolute atomic E-state index is 0.0239. The maximum absolute atomic E-state index is 10.8. The fraction of sp³-hybridized carbons (Fsp3) is 0.250. The molecule has 0 aliphatic carbocycles. The highest BCUT2D eigenvalue weighted by molar-refractivity contribution is 5.74. The topological polar surface area (TPSA) is 88.2 Å². The Morgan fingerprint density at radius 3 is 2.57 bits per heavy atom. The quantitative estimate of drug-likeness (QED) is 0.803. The molecule has 0 atom stereocenters. The van der Waals surface area contributed by atoms with Gasteiger partial charge in [0.2, 0.25) is 0 Å². The smallest absolute Gasteiger partial charge is 0.307 e. The molecule has 1 aromatic heterocycles. The molecule has 2 rings (SSSR count). The van der Waals surface area contributed by atoms with Crippen LogP contribution in [-0.2, 0) is 11.2 Å². The highest BCUT2D eigenvalue weighted by Gasteiger charge is 2.08. The molecule has 0 unspecified atom stereocenters. The van der Waals surface area contributed by atoms with Gasteiger partial charge in [-0.05, 0) is 55.7 Å². The number of anilines is 3. The minimum atomic E-state index is -0.834. The molecular formula is C16H19N3O2. The third-order valence-electron chi connectivity index (χ3n) is 3.34. The number of carbonyl (C=O) groups is 1. The van der Waals surface area contributed by atoms with E-state index in [0.29, 0.717) is 11.5 Å². The molecular weight excluding hydrogens is 266 g/mol. The largest absolute Gasteiger partial charge is 0.481 e. The molecule has 0 fully saturated rings. The molecule has 0 aliphatic heterocycles. The molecule has 5 heteroatoms. The molecule has 21 heavy (non-hydrogen) atoms. The lowest BCUT2D eigenvalue weighted by Crippen LogP contribution is -2.04. The van der Waals surface area contributed by atoms with Crippen molar-refractivity contribution in [3.63, 3.8) is 0 Å². The van der Waals surface area contributed by atoms with E-state index in [4.69, 9.17) is 10.8 Å². The van der Waals surface area contributed by atoms with Crippen molar-refractivity contribution in [2.24, 2.45) is 0 Å². The minimum Gasteiger partial charge on any atom is -0.481 e. The molecule has 0 saturated heterocycles. The zero-order chi connectivity index (χ0) is 15.6. The number of rotatable bonds is 4. The lowest BCUT2D eigenvalue weighted by Gasteiger charge is -2.13. The van der Waals surface area contributed by atoms with Gasteiger partial charge >= 0.3 is 5.97 Å². The van der Waals surface area contributed by atoms with Gasteiger partial charge in [-0.2, -0.15) is 0 Å². The lowest BCUT2D eigenvalue weighted by molar-refractivity contribution is -0.136. The Kier molecular flexibility index (Phi) is 4.12. The number of nitrogens with zero attached hydrogens (tertiary/aromatic N) is 1. The van der Waals surface area contributed by atoms with Crippen LogP contribution in [0.5, 0.6) is 0 Å². The first-order valence-corrected chi connectivity index (χ1v) is 6.69. The monoisotopic (exact) mass is 285 g/mol. The van der Waals surface area contributed by atoms with Crippen LogP contribution in [0.15, 0.2) is 24.3 Å². The number of pyridine rings is 1. The Hall–Kier alpha value is -2.56. The molecule has 0 aliphatic rings. The number of aliphatic carboxylic acids is 1. The number of aromatic nitrogens is 1. The van der Waals surface area contributed by atoms with Gasteiger partial charge in [-0.1, -0.05) is 6.07 Å². The average Bonchev–Trinajstić information content (AvgIpc) is 2.38. The summed E-state index contributed by atoms with van der Waals surface area (Å²) in [6, 6.07) is 7.48. The first-order valence-electron chi connectivity index (χ1n) is 6.69. The second-order valence-corrected chi connectivity index (χ2v) is 5.18. The van der Waals surface area contributed by atoms with Crippen LogP contribution in [0.4, 0.5) is 17.2 Å². The zero-order valence-electron chi connectivity index (χ0n) is 12.4. The highest BCUT2D eigenvalue weighted by atomic mass is 16.4. The molecule has 1 aromatic carbocycles. The molecule has 0 bridgehead atoms. The summed E-state index contributed by atoms with van der Waals surface area (Å²) in [4.78, 5) is 15.2. The van der Waals surface area contributed by atoms with Crippen LogP contribution in [0.2, 0.25) is 0 Å². The second-order valence-electron chi connectivity index (χ2n) is 5.18. The second kappa shape index (κ2) is 5.83. The van der Waals surface area contributed by atoms with Gasteiger partial charge < -0.3 is 16.2 Å². The standard InChI is InChI=1S/C16H19N3O2/c1-9-7-13(5-4-12(9)8-14(20)21)19-16-15(17)10(2)6-11(3)18-16/h4-7H,8,17H2,1-3H3,(H,18,19)(H,20,21). The fourth-order valence-electron chi connectivity index (χ4n) is 2.21. The van der Waals surface area contributed by atoms with E-state index in [9.17, 15) is 4.79 Å². The normalized spacial score (nSPS) is 10.4. The van der Waals surface area contributed by atoms with Gasteiger partial charge in [0.1, 0.15) is 0 Å². The van der Waals surface area contributed by atoms with Crippen molar-refractivity contribution in [3.8, 4) is 0 Å². The number of nitrogens with one attached hydrogen (secondary N) is 1. The van der Waals surface area contributed by atoms with Gasteiger partial charge in [0.15, 0.2) is 5.82 Å². The first-order chi connectivity index (χ1) is 9.86. The molecule has 110 valence electrons. The van der Waals surface area contributed by atoms with Crippen molar-refractivity contribution in [3.05, 3.63) is 46.6 Å². The van der Waals surface area contributed by atoms with Gasteiger partial charge in [-0.15, -0.1) is 0 Å². The zero-order valence-corrected chi connectivity index (χ0v) is 12.4. The fourth-order valence-corrected chi connectivity index (χ4v) is 2.21. The van der Waals surface area contributed by atoms with Gasteiger partial charge in [-0.25, -0.2) is 4.98 Å². The van der Waals surface area contributed by atoms with Crippen molar-refractivity contribution < 1.29 is 9.90 Å². The van der Waals surface area contributed by atoms with E-state index in [1.54, 1.807) is 0 Å². The van der Waals surface area contributed by atoms with E-state index in [2.05, 4.69) is 10.3 Å². The third-order valence-corrected chi connectivity index (χ3v) is 3.34. The van der Waals surface area contributed by atoms with E-state index in [1.165, 1.54) is 0 Å². The number of nitrogen functional groups attached to an aromatic ring is 1. The Morgan fingerprint density at radius 1 is 1.24 bits per heavy atom. The Morgan fingerprint density at radius 2 is 1.95 bits per heavy atom. The summed E-state index contributed by atoms with van der Waals surface area (Å²) in [6.45, 7) is 5.75. The van der Waals surface area contributed by atoms with Crippen molar-refractivity contribution in [1.29, 1.82) is 0 Å². The van der Waals surface area contributed by atoms with Crippen LogP contribution < -0.4 is 11.1 Å². The molecule has 4 N–H and O–H groups in total. The number of nitrogens with two attached hydrogens (primary N) is 1. The Balaban J connectivity index is 2.28. The number of hydrogen-bond donors (Lipinski definition) is 3. The summed E-state index contributed by atoms with van der Waals surface area (Å²) in [6.07, 6.45) is 0.0239. The van der Waals surface area contributed by atoms with E-state index >= 15 is 0 Å². The summed E-state index contributed by atoms with van der Waals surface area (Å²) < 4.78 is 0. The van der Waals surface area contributed by atoms with Gasteiger partial charge in [0, 0.05) is 11.4 Å². The Bertz CT molecular complexity index is 696. The number of hydrogen-bond acceptors (Lipinski definition) is 4. The van der Waals surface area contributed by atoms with Crippen LogP contribution in [0.3, 0.4) is 0 Å². The molecule has 0 amide bonds. The highest BCUT2D eigenvalue weighted by Crippen LogP contribution is 2.26. The Labute approximate surface area is 123 Å². The van der Waals surface area contributed by atoms with E-state index in [0.717, 1.165) is 28.1 Å². The molecule has 5 nitrogen and oxygen atoms in total. The van der Waals surface area contributed by atoms with Crippen LogP contribution in [0.25, 0.3) is 0 Å². The third kappa shape index (κ3) is 3.51. The molecule has 0 saturated carbocycles. The average molecular weight is 285 g/mol. The SMILES string of the molecule is Cc1cc(C)c(N)c(Nc2ccc(CC(=O)O)c(C)c2)n1. The van der Waals surface area contributed by atoms with Crippen LogP contribution >= 0.6 is 0 Å². The van der Waals surface area contributed by atoms with E-state index < -0.39 is 5.97 Å². The van der Waals surface area contributed by atoms with Gasteiger partial charge in [-0.3, -0.25) is 4.79 Å². The van der Waals surface area contributed by atoms with Crippen LogP contribution in [-0.4, -0.2) is 16.1 Å². The predicted octanol–water partition coefficient (Wildman–Crippen LogP) is 2.96. The number of carboxylic acid groups (broad SMARTS) is 1. The first kappa shape index (κ1) is 14.8. The van der Waals surface area contributed by atoms with Gasteiger partial charge in [0.05, 0.1) is 12.1 Å². The summed E-state index contributed by atoms with van der Waals surface area (Å²) in [5, 5.41) is 12.0. The van der Waals surface area contributed by atoms with E-state index in [1.807, 2.05) is 45.0 Å². The summed E-state index contributed by atoms with van der Waals surface area (Å²) in [7, 11) is 0. The van der Waals surface area contributed by atoms with Crippen molar-refractivity contribution >= 4 is 23.2 Å². The molecule has 1 heterocycles. The van der Waals surface area contributed by atoms with Crippen molar-refractivity contribution in [2.75, 3.05) is 11.1 Å². The van der Waals surface area contributed by atoms with E-state index in [-0.39, 0.29) is 6.42 Å². The van der Waals surface area contributed by atoms with Crippen molar-refractivity contribution in [2.45, 2.75) is 27.2 Å². The van der Waals surface area contributed by atoms with Crippen LogP contribution in [0, 0.1) is 20.8 Å². The number of aryl methyl sites for hydroxylation is 3.